The molecular weight excluding hydrogens is 168 g/mol. The van der Waals surface area contributed by atoms with Crippen molar-refractivity contribution in [1.29, 1.82) is 0 Å². The molecule has 0 fully saturated rings. The molecular formula is C9H10N2O2. The van der Waals surface area contributed by atoms with Crippen LogP contribution in [0.1, 0.15) is 17.8 Å². The predicted molar refractivity (Wildman–Crippen MR) is 48.1 cm³/mol. The van der Waals surface area contributed by atoms with Gasteiger partial charge in [0, 0.05) is 0 Å². The van der Waals surface area contributed by atoms with E-state index in [4.69, 9.17) is 5.11 Å². The molecule has 68 valence electrons. The summed E-state index contributed by atoms with van der Waals surface area (Å²) in [7, 11) is 0. The lowest BCUT2D eigenvalue weighted by atomic mass is 10.3. The number of carboxylic acid groups (broad SMARTS) is 1. The average molecular weight is 178 g/mol. The second-order valence-electron chi connectivity index (χ2n) is 2.60. The van der Waals surface area contributed by atoms with Crippen LogP contribution in [0, 0.1) is 6.92 Å². The van der Waals surface area contributed by atoms with Crippen molar-refractivity contribution >= 4 is 12.0 Å². The molecule has 13 heavy (non-hydrogen) atoms. The molecule has 0 saturated carbocycles. The maximum Gasteiger partial charge on any atom is 0.307 e. The minimum Gasteiger partial charge on any atom is -0.481 e. The van der Waals surface area contributed by atoms with Crippen LogP contribution in [-0.4, -0.2) is 21.3 Å². The number of carboxylic acids is 1. The summed E-state index contributed by atoms with van der Waals surface area (Å²) in [5.74, 6) is -0.851. The molecule has 0 aliphatic heterocycles. The number of hydrogen-bond donors (Lipinski definition) is 1. The molecule has 0 atom stereocenters. The van der Waals surface area contributed by atoms with Crippen molar-refractivity contribution in [2.24, 2.45) is 0 Å². The third-order valence-corrected chi connectivity index (χ3v) is 1.40. The summed E-state index contributed by atoms with van der Waals surface area (Å²) in [4.78, 5) is 10.2. The summed E-state index contributed by atoms with van der Waals surface area (Å²) in [6, 6.07) is 3.62. The summed E-state index contributed by atoms with van der Waals surface area (Å²) in [6.45, 7) is 1.84. The van der Waals surface area contributed by atoms with Crippen molar-refractivity contribution in [3.63, 3.8) is 0 Å². The van der Waals surface area contributed by atoms with Gasteiger partial charge in [0.15, 0.2) is 0 Å². The van der Waals surface area contributed by atoms with Crippen LogP contribution in [0.2, 0.25) is 0 Å². The van der Waals surface area contributed by atoms with Crippen LogP contribution in [0.4, 0.5) is 0 Å². The van der Waals surface area contributed by atoms with Gasteiger partial charge in [-0.1, -0.05) is 6.08 Å². The average Bonchev–Trinajstić information content (AvgIpc) is 2.08. The number of rotatable bonds is 3. The smallest absolute Gasteiger partial charge is 0.307 e. The van der Waals surface area contributed by atoms with Crippen molar-refractivity contribution in [1.82, 2.24) is 10.2 Å². The standard InChI is InChI=1S/C9H10N2O2/c1-7-5-6-8(11-10-7)3-2-4-9(12)13/h2-3,5-6H,4H2,1H3,(H,12,13). The van der Waals surface area contributed by atoms with Gasteiger partial charge >= 0.3 is 5.97 Å². The van der Waals surface area contributed by atoms with Gasteiger partial charge in [-0.15, -0.1) is 0 Å². The first-order valence-corrected chi connectivity index (χ1v) is 3.87. The molecule has 1 rings (SSSR count). The second kappa shape index (κ2) is 4.35. The third kappa shape index (κ3) is 3.46. The molecule has 0 unspecified atom stereocenters. The molecule has 0 bridgehead atoms. The van der Waals surface area contributed by atoms with E-state index >= 15 is 0 Å². The number of aliphatic carboxylic acids is 1. The van der Waals surface area contributed by atoms with E-state index in [9.17, 15) is 4.79 Å². The van der Waals surface area contributed by atoms with Gasteiger partial charge < -0.3 is 5.11 Å². The first kappa shape index (κ1) is 9.38. The number of carbonyl (C=O) groups is 1. The van der Waals surface area contributed by atoms with Gasteiger partial charge in [-0.2, -0.15) is 10.2 Å². The van der Waals surface area contributed by atoms with Crippen LogP contribution in [0.5, 0.6) is 0 Å². The van der Waals surface area contributed by atoms with E-state index in [0.717, 1.165) is 5.69 Å². The van der Waals surface area contributed by atoms with Crippen molar-refractivity contribution in [2.45, 2.75) is 13.3 Å². The Morgan fingerprint density at radius 3 is 2.85 bits per heavy atom. The monoisotopic (exact) mass is 178 g/mol. The Balaban J connectivity index is 2.59. The highest BCUT2D eigenvalue weighted by molar-refractivity contribution is 5.70. The minimum atomic E-state index is -0.851. The van der Waals surface area contributed by atoms with Gasteiger partial charge in [-0.05, 0) is 25.1 Å². The van der Waals surface area contributed by atoms with E-state index in [2.05, 4.69) is 10.2 Å². The van der Waals surface area contributed by atoms with Crippen LogP contribution in [0.25, 0.3) is 6.08 Å². The fourth-order valence-electron chi connectivity index (χ4n) is 0.779. The number of hydrogen-bond acceptors (Lipinski definition) is 3. The van der Waals surface area contributed by atoms with Gasteiger partial charge in [-0.3, -0.25) is 4.79 Å². The molecule has 0 saturated heterocycles. The molecule has 0 aliphatic carbocycles. The van der Waals surface area contributed by atoms with E-state index in [1.54, 1.807) is 18.2 Å². The van der Waals surface area contributed by atoms with Crippen molar-refractivity contribution < 1.29 is 9.90 Å². The lowest BCUT2D eigenvalue weighted by Crippen LogP contribution is -1.91. The molecule has 0 aromatic carbocycles. The molecule has 4 nitrogen and oxygen atoms in total. The van der Waals surface area contributed by atoms with Crippen molar-refractivity contribution in [3.05, 3.63) is 29.6 Å². The maximum atomic E-state index is 10.2. The van der Waals surface area contributed by atoms with E-state index in [1.807, 2.05) is 13.0 Å². The van der Waals surface area contributed by atoms with Crippen LogP contribution in [0.3, 0.4) is 0 Å². The van der Waals surface area contributed by atoms with Gasteiger partial charge in [0.05, 0.1) is 17.8 Å². The third-order valence-electron chi connectivity index (χ3n) is 1.40. The second-order valence-corrected chi connectivity index (χ2v) is 2.60. The van der Waals surface area contributed by atoms with Crippen molar-refractivity contribution in [2.75, 3.05) is 0 Å². The van der Waals surface area contributed by atoms with Gasteiger partial charge in [0.1, 0.15) is 0 Å². The number of nitrogens with zero attached hydrogens (tertiary/aromatic N) is 2. The summed E-state index contributed by atoms with van der Waals surface area (Å²) in [5, 5.41) is 16.0. The fourth-order valence-corrected chi connectivity index (χ4v) is 0.779. The summed E-state index contributed by atoms with van der Waals surface area (Å²) >= 11 is 0. The zero-order valence-electron chi connectivity index (χ0n) is 7.27. The van der Waals surface area contributed by atoms with E-state index in [-0.39, 0.29) is 6.42 Å². The molecule has 0 spiro atoms. The molecule has 0 radical (unpaired) electrons. The first-order chi connectivity index (χ1) is 6.18. The fraction of sp³-hybridized carbons (Fsp3) is 0.222. The Labute approximate surface area is 75.9 Å². The largest absolute Gasteiger partial charge is 0.481 e. The molecule has 1 N–H and O–H groups in total. The van der Waals surface area contributed by atoms with Gasteiger partial charge in [0.25, 0.3) is 0 Å². The molecule has 1 heterocycles. The Hall–Kier alpha value is -1.71. The normalized spacial score (nSPS) is 10.5. The highest BCUT2D eigenvalue weighted by Crippen LogP contribution is 1.98. The topological polar surface area (TPSA) is 63.1 Å². The SMILES string of the molecule is Cc1ccc(C=CCC(=O)O)nn1. The molecule has 0 aliphatic rings. The zero-order valence-corrected chi connectivity index (χ0v) is 7.27. The first-order valence-electron chi connectivity index (χ1n) is 3.87. The molecule has 1 aromatic rings. The molecule has 4 heteroatoms. The molecule has 1 aromatic heterocycles. The van der Waals surface area contributed by atoms with Crippen LogP contribution in [0.15, 0.2) is 18.2 Å². The van der Waals surface area contributed by atoms with Crippen LogP contribution in [-0.2, 0) is 4.79 Å². The van der Waals surface area contributed by atoms with Gasteiger partial charge in [-0.25, -0.2) is 0 Å². The molecule has 0 amide bonds. The van der Waals surface area contributed by atoms with Crippen LogP contribution >= 0.6 is 0 Å². The Morgan fingerprint density at radius 1 is 1.54 bits per heavy atom. The lowest BCUT2D eigenvalue weighted by molar-refractivity contribution is -0.135. The highest BCUT2D eigenvalue weighted by Gasteiger charge is 1.91. The number of aryl methyl sites for hydroxylation is 1. The summed E-state index contributed by atoms with van der Waals surface area (Å²) in [5.41, 5.74) is 1.52. The predicted octanol–water partition coefficient (Wildman–Crippen LogP) is 1.27. The minimum absolute atomic E-state index is 0.00948. The summed E-state index contributed by atoms with van der Waals surface area (Å²) < 4.78 is 0. The quantitative estimate of drug-likeness (QED) is 0.757. The Bertz CT molecular complexity index is 317. The Morgan fingerprint density at radius 2 is 2.31 bits per heavy atom. The van der Waals surface area contributed by atoms with Gasteiger partial charge in [0.2, 0.25) is 0 Å². The lowest BCUT2D eigenvalue weighted by Gasteiger charge is -1.91. The Kier molecular flexibility index (Phi) is 3.14. The highest BCUT2D eigenvalue weighted by atomic mass is 16.4. The number of aromatic nitrogens is 2. The van der Waals surface area contributed by atoms with E-state index in [1.165, 1.54) is 0 Å². The van der Waals surface area contributed by atoms with Crippen molar-refractivity contribution in [3.8, 4) is 0 Å². The van der Waals surface area contributed by atoms with E-state index in [0.29, 0.717) is 5.69 Å². The van der Waals surface area contributed by atoms with E-state index < -0.39 is 5.97 Å². The van der Waals surface area contributed by atoms with Crippen LogP contribution < -0.4 is 0 Å². The maximum absolute atomic E-state index is 10.2. The summed E-state index contributed by atoms with van der Waals surface area (Å²) in [6.07, 6.45) is 3.19. The zero-order chi connectivity index (χ0) is 9.68.